The number of aliphatic imine (C=N–C) groups is 1. The summed E-state index contributed by atoms with van der Waals surface area (Å²) in [6, 6.07) is 0. The van der Waals surface area contributed by atoms with Gasteiger partial charge in [-0.2, -0.15) is 0 Å². The van der Waals surface area contributed by atoms with E-state index in [0.29, 0.717) is 6.42 Å². The van der Waals surface area contributed by atoms with Crippen molar-refractivity contribution in [2.75, 3.05) is 0 Å². The summed E-state index contributed by atoms with van der Waals surface area (Å²) in [6.07, 6.45) is 15.5. The van der Waals surface area contributed by atoms with Gasteiger partial charge in [0.2, 0.25) is 6.08 Å². The number of rotatable bonds is 12. The van der Waals surface area contributed by atoms with Gasteiger partial charge in [-0.1, -0.05) is 71.1 Å². The van der Waals surface area contributed by atoms with E-state index in [1.165, 1.54) is 63.9 Å². The summed E-state index contributed by atoms with van der Waals surface area (Å²) in [5, 5.41) is 0. The Labute approximate surface area is 111 Å². The second-order valence-electron chi connectivity index (χ2n) is 4.88. The van der Waals surface area contributed by atoms with E-state index in [1.54, 1.807) is 0 Å². The fraction of sp³-hybridized carbons (Fsp3) is 0.867. The largest absolute Gasteiger partial charge is 0.272 e. The minimum absolute atomic E-state index is 0.332. The maximum absolute atomic E-state index is 10.9. The molecule has 18 heavy (non-hydrogen) atoms. The lowest BCUT2D eigenvalue weighted by atomic mass is 10.1. The second-order valence-corrected chi connectivity index (χ2v) is 4.88. The van der Waals surface area contributed by atoms with Crippen LogP contribution in [0.4, 0.5) is 0 Å². The van der Waals surface area contributed by atoms with Crippen molar-refractivity contribution in [2.45, 2.75) is 84.0 Å². The third kappa shape index (κ3) is 13.1. The molecule has 0 aromatic heterocycles. The zero-order chi connectivity index (χ0) is 13.5. The highest BCUT2D eigenvalue weighted by Crippen LogP contribution is 2.11. The molecule has 0 aromatic carbocycles. The summed E-state index contributed by atoms with van der Waals surface area (Å²) in [5.74, 6) is -0.332. The second kappa shape index (κ2) is 14.1. The summed E-state index contributed by atoms with van der Waals surface area (Å²) in [7, 11) is 0. The van der Waals surface area contributed by atoms with Gasteiger partial charge in [0.15, 0.2) is 0 Å². The Morgan fingerprint density at radius 1 is 0.833 bits per heavy atom. The molecule has 0 bridgehead atoms. The Hall–Kier alpha value is -0.950. The number of isocyanates is 1. The summed E-state index contributed by atoms with van der Waals surface area (Å²) in [5.41, 5.74) is 0. The summed E-state index contributed by atoms with van der Waals surface area (Å²) >= 11 is 0. The summed E-state index contributed by atoms with van der Waals surface area (Å²) < 4.78 is 0. The Balaban J connectivity index is 3.07. The molecular weight excluding hydrogens is 226 g/mol. The van der Waals surface area contributed by atoms with Crippen LogP contribution in [0.15, 0.2) is 4.99 Å². The Kier molecular flexibility index (Phi) is 13.4. The first kappa shape index (κ1) is 17.1. The van der Waals surface area contributed by atoms with Crippen LogP contribution in [0.1, 0.15) is 84.0 Å². The van der Waals surface area contributed by atoms with Gasteiger partial charge >= 0.3 is 0 Å². The summed E-state index contributed by atoms with van der Waals surface area (Å²) in [4.78, 5) is 23.7. The highest BCUT2D eigenvalue weighted by Gasteiger charge is 1.98. The third-order valence-electron chi connectivity index (χ3n) is 3.16. The summed E-state index contributed by atoms with van der Waals surface area (Å²) in [6.45, 7) is 2.24. The van der Waals surface area contributed by atoms with Gasteiger partial charge < -0.3 is 0 Å². The average molecular weight is 253 g/mol. The van der Waals surface area contributed by atoms with Crippen molar-refractivity contribution in [1.82, 2.24) is 0 Å². The maximum atomic E-state index is 10.9. The SMILES string of the molecule is CCCCCCCCCCCCCC(=O)N=C=O. The van der Waals surface area contributed by atoms with Crippen LogP contribution in [-0.2, 0) is 9.59 Å². The van der Waals surface area contributed by atoms with Crippen LogP contribution < -0.4 is 0 Å². The monoisotopic (exact) mass is 253 g/mol. The first-order valence-electron chi connectivity index (χ1n) is 7.42. The van der Waals surface area contributed by atoms with Gasteiger partial charge in [0.1, 0.15) is 0 Å². The molecule has 1 amide bonds. The highest BCUT2D eigenvalue weighted by molar-refractivity contribution is 5.81. The Bertz CT molecular complexity index is 245. The zero-order valence-corrected chi connectivity index (χ0v) is 11.7. The molecule has 3 nitrogen and oxygen atoms in total. The van der Waals surface area contributed by atoms with E-state index in [4.69, 9.17) is 0 Å². The van der Waals surface area contributed by atoms with Crippen LogP contribution in [-0.4, -0.2) is 12.0 Å². The molecule has 0 N–H and O–H groups in total. The minimum atomic E-state index is -0.332. The molecule has 0 aliphatic heterocycles. The van der Waals surface area contributed by atoms with Crippen molar-refractivity contribution in [3.05, 3.63) is 0 Å². The topological polar surface area (TPSA) is 46.5 Å². The van der Waals surface area contributed by atoms with E-state index in [1.807, 2.05) is 0 Å². The molecule has 0 radical (unpaired) electrons. The van der Waals surface area contributed by atoms with E-state index in [2.05, 4.69) is 11.9 Å². The lowest BCUT2D eigenvalue weighted by Gasteiger charge is -2.01. The van der Waals surface area contributed by atoms with Gasteiger partial charge in [-0.25, -0.2) is 4.79 Å². The first-order chi connectivity index (χ1) is 8.81. The molecule has 0 aliphatic carbocycles. The Morgan fingerprint density at radius 2 is 1.28 bits per heavy atom. The fourth-order valence-electron chi connectivity index (χ4n) is 2.05. The molecule has 0 spiro atoms. The zero-order valence-electron chi connectivity index (χ0n) is 11.7. The highest BCUT2D eigenvalue weighted by atomic mass is 16.2. The average Bonchev–Trinajstić information content (AvgIpc) is 2.36. The molecule has 0 rings (SSSR count). The van der Waals surface area contributed by atoms with Crippen molar-refractivity contribution < 1.29 is 9.59 Å². The molecule has 0 heterocycles. The van der Waals surface area contributed by atoms with Crippen molar-refractivity contribution in [2.24, 2.45) is 4.99 Å². The molecular formula is C15H27NO2. The number of unbranched alkanes of at least 4 members (excludes halogenated alkanes) is 10. The molecule has 0 fully saturated rings. The molecule has 104 valence electrons. The number of amides is 1. The van der Waals surface area contributed by atoms with Gasteiger partial charge in [0, 0.05) is 6.42 Å². The molecule has 0 aromatic rings. The molecule has 0 saturated heterocycles. The van der Waals surface area contributed by atoms with E-state index in [-0.39, 0.29) is 5.91 Å². The van der Waals surface area contributed by atoms with E-state index >= 15 is 0 Å². The molecule has 0 atom stereocenters. The van der Waals surface area contributed by atoms with Crippen LogP contribution in [0, 0.1) is 0 Å². The number of hydrogen-bond acceptors (Lipinski definition) is 2. The van der Waals surface area contributed by atoms with Crippen LogP contribution in [0.25, 0.3) is 0 Å². The van der Waals surface area contributed by atoms with Crippen LogP contribution in [0.5, 0.6) is 0 Å². The minimum Gasteiger partial charge on any atom is -0.272 e. The molecule has 3 heteroatoms. The number of carbonyl (C=O) groups excluding carboxylic acids is 2. The van der Waals surface area contributed by atoms with Gasteiger partial charge in [0.25, 0.3) is 5.91 Å². The van der Waals surface area contributed by atoms with Gasteiger partial charge in [-0.05, 0) is 6.42 Å². The third-order valence-corrected chi connectivity index (χ3v) is 3.16. The number of carbonyl (C=O) groups is 1. The van der Waals surface area contributed by atoms with Crippen molar-refractivity contribution in [3.63, 3.8) is 0 Å². The van der Waals surface area contributed by atoms with Crippen molar-refractivity contribution >= 4 is 12.0 Å². The van der Waals surface area contributed by atoms with E-state index < -0.39 is 0 Å². The molecule has 0 aliphatic rings. The standard InChI is InChI=1S/C15H27NO2/c1-2-3-4-5-6-7-8-9-10-11-12-13-15(18)16-14-17/h2-13H2,1H3. The first-order valence-corrected chi connectivity index (χ1v) is 7.42. The smallest absolute Gasteiger partial charge is 0.256 e. The normalized spacial score (nSPS) is 10.1. The van der Waals surface area contributed by atoms with Crippen molar-refractivity contribution in [1.29, 1.82) is 0 Å². The van der Waals surface area contributed by atoms with Crippen LogP contribution in [0.3, 0.4) is 0 Å². The number of hydrogen-bond donors (Lipinski definition) is 0. The van der Waals surface area contributed by atoms with Crippen LogP contribution >= 0.6 is 0 Å². The Morgan fingerprint density at radius 3 is 1.72 bits per heavy atom. The maximum Gasteiger partial charge on any atom is 0.256 e. The van der Waals surface area contributed by atoms with E-state index in [0.717, 1.165) is 12.8 Å². The molecule has 0 unspecified atom stereocenters. The van der Waals surface area contributed by atoms with E-state index in [9.17, 15) is 9.59 Å². The number of nitrogens with zero attached hydrogens (tertiary/aromatic N) is 1. The van der Waals surface area contributed by atoms with Gasteiger partial charge in [-0.15, -0.1) is 4.99 Å². The van der Waals surface area contributed by atoms with Crippen LogP contribution in [0.2, 0.25) is 0 Å². The molecule has 0 saturated carbocycles. The van der Waals surface area contributed by atoms with Gasteiger partial charge in [-0.3, -0.25) is 4.79 Å². The lowest BCUT2D eigenvalue weighted by Crippen LogP contribution is -1.92. The lowest BCUT2D eigenvalue weighted by molar-refractivity contribution is -0.117. The quantitative estimate of drug-likeness (QED) is 0.291. The van der Waals surface area contributed by atoms with Crippen molar-refractivity contribution in [3.8, 4) is 0 Å². The van der Waals surface area contributed by atoms with Gasteiger partial charge in [0.05, 0.1) is 0 Å². The predicted molar refractivity (Wildman–Crippen MR) is 74.2 cm³/mol. The predicted octanol–water partition coefficient (Wildman–Crippen LogP) is 4.55. The fourth-order valence-corrected chi connectivity index (χ4v) is 2.05.